The van der Waals surface area contributed by atoms with Crippen LogP contribution in [0.1, 0.15) is 24.7 Å². The number of hydrogen-bond acceptors (Lipinski definition) is 3. The molecule has 0 saturated carbocycles. The molecule has 2 rings (SSSR count). The molecule has 2 atom stereocenters. The van der Waals surface area contributed by atoms with Crippen LogP contribution in [-0.4, -0.2) is 41.2 Å². The van der Waals surface area contributed by atoms with Gasteiger partial charge in [-0.15, -0.1) is 0 Å². The minimum atomic E-state index is -1.28. The fourth-order valence-electron chi connectivity index (χ4n) is 2.56. The molecule has 19 heavy (non-hydrogen) atoms. The Kier molecular flexibility index (Phi) is 4.63. The summed E-state index contributed by atoms with van der Waals surface area (Å²) in [5.74, 6) is 0. The van der Waals surface area contributed by atoms with Crippen LogP contribution in [0.4, 0.5) is 4.39 Å². The Hall–Kier alpha value is -0.460. The van der Waals surface area contributed by atoms with Crippen LogP contribution in [0.15, 0.2) is 4.47 Å². The quantitative estimate of drug-likeness (QED) is 0.917. The zero-order valence-electron chi connectivity index (χ0n) is 11.7. The molecular weight excluding hydrogens is 313 g/mol. The van der Waals surface area contributed by atoms with Gasteiger partial charge in [-0.3, -0.25) is 4.68 Å². The van der Waals surface area contributed by atoms with Gasteiger partial charge in [-0.25, -0.2) is 4.39 Å². The molecule has 1 aliphatic rings. The number of aryl methyl sites for hydroxylation is 2. The van der Waals surface area contributed by atoms with Crippen LogP contribution >= 0.6 is 15.9 Å². The first-order valence-electron chi connectivity index (χ1n) is 6.57. The molecule has 108 valence electrons. The van der Waals surface area contributed by atoms with Crippen molar-refractivity contribution in [2.75, 3.05) is 19.8 Å². The van der Waals surface area contributed by atoms with Crippen LogP contribution < -0.4 is 5.32 Å². The fraction of sp³-hybridized carbons (Fsp3) is 0.769. The van der Waals surface area contributed by atoms with Crippen molar-refractivity contribution in [1.82, 2.24) is 15.1 Å². The summed E-state index contributed by atoms with van der Waals surface area (Å²) in [6.45, 7) is 5.67. The van der Waals surface area contributed by atoms with Gasteiger partial charge in [-0.05, 0) is 36.2 Å². The van der Waals surface area contributed by atoms with Gasteiger partial charge >= 0.3 is 0 Å². The molecule has 0 aliphatic carbocycles. The highest BCUT2D eigenvalue weighted by Crippen LogP contribution is 2.29. The Bertz CT molecular complexity index is 441. The number of ether oxygens (including phenoxy) is 1. The molecule has 2 heterocycles. The van der Waals surface area contributed by atoms with Gasteiger partial charge in [-0.2, -0.15) is 5.10 Å². The molecule has 1 aromatic heterocycles. The van der Waals surface area contributed by atoms with Crippen LogP contribution in [0.2, 0.25) is 0 Å². The number of nitrogens with zero attached hydrogens (tertiary/aromatic N) is 2. The highest BCUT2D eigenvalue weighted by molar-refractivity contribution is 9.10. The molecule has 4 nitrogen and oxygen atoms in total. The maximum absolute atomic E-state index is 14.8. The van der Waals surface area contributed by atoms with Gasteiger partial charge in [0, 0.05) is 26.1 Å². The van der Waals surface area contributed by atoms with E-state index in [0.29, 0.717) is 26.1 Å². The fourth-order valence-corrected chi connectivity index (χ4v) is 3.03. The topological polar surface area (TPSA) is 39.1 Å². The Morgan fingerprint density at radius 1 is 1.63 bits per heavy atom. The van der Waals surface area contributed by atoms with E-state index in [2.05, 4.69) is 26.3 Å². The number of alkyl halides is 1. The van der Waals surface area contributed by atoms with E-state index in [0.717, 1.165) is 22.4 Å². The van der Waals surface area contributed by atoms with Gasteiger partial charge in [0.15, 0.2) is 0 Å². The molecule has 0 bridgehead atoms. The number of morpholine rings is 1. The van der Waals surface area contributed by atoms with E-state index in [9.17, 15) is 4.39 Å². The number of hydrogen-bond donors (Lipinski definition) is 1. The summed E-state index contributed by atoms with van der Waals surface area (Å²) in [4.78, 5) is 0. The van der Waals surface area contributed by atoms with E-state index < -0.39 is 5.67 Å². The Labute approximate surface area is 121 Å². The van der Waals surface area contributed by atoms with Crippen molar-refractivity contribution in [3.05, 3.63) is 15.9 Å². The lowest BCUT2D eigenvalue weighted by Gasteiger charge is -2.30. The lowest BCUT2D eigenvalue weighted by atomic mass is 9.93. The minimum Gasteiger partial charge on any atom is -0.379 e. The number of nitrogens with one attached hydrogen (secondary N) is 1. The second-order valence-corrected chi connectivity index (χ2v) is 6.28. The number of halogens is 2. The number of rotatable bonds is 4. The summed E-state index contributed by atoms with van der Waals surface area (Å²) in [5.41, 5.74) is 0.521. The van der Waals surface area contributed by atoms with Crippen molar-refractivity contribution in [3.8, 4) is 0 Å². The lowest BCUT2D eigenvalue weighted by Crippen LogP contribution is -2.45. The van der Waals surface area contributed by atoms with Crippen molar-refractivity contribution in [2.45, 2.75) is 38.4 Å². The van der Waals surface area contributed by atoms with Gasteiger partial charge < -0.3 is 10.1 Å². The van der Waals surface area contributed by atoms with E-state index in [1.165, 1.54) is 0 Å². The summed E-state index contributed by atoms with van der Waals surface area (Å²) in [5, 5.41) is 7.60. The van der Waals surface area contributed by atoms with Crippen molar-refractivity contribution >= 4 is 15.9 Å². The van der Waals surface area contributed by atoms with E-state index in [-0.39, 0.29) is 6.04 Å². The third kappa shape index (κ3) is 3.77. The van der Waals surface area contributed by atoms with Crippen LogP contribution in [0.25, 0.3) is 0 Å². The van der Waals surface area contributed by atoms with Gasteiger partial charge in [-0.1, -0.05) is 0 Å². The summed E-state index contributed by atoms with van der Waals surface area (Å²) in [7, 11) is 1.85. The lowest BCUT2D eigenvalue weighted by molar-refractivity contribution is 0.0478. The van der Waals surface area contributed by atoms with Crippen molar-refractivity contribution < 1.29 is 9.13 Å². The normalized spacial score (nSPS) is 23.3. The van der Waals surface area contributed by atoms with Crippen molar-refractivity contribution in [2.24, 2.45) is 7.05 Å². The van der Waals surface area contributed by atoms with Crippen molar-refractivity contribution in [1.29, 1.82) is 0 Å². The van der Waals surface area contributed by atoms with Crippen molar-refractivity contribution in [3.63, 3.8) is 0 Å². The number of aromatic nitrogens is 2. The smallest absolute Gasteiger partial charge is 0.115 e. The van der Waals surface area contributed by atoms with Crippen LogP contribution in [0.5, 0.6) is 0 Å². The minimum absolute atomic E-state index is 0.0943. The molecule has 0 spiro atoms. The monoisotopic (exact) mass is 333 g/mol. The Morgan fingerprint density at radius 3 is 2.89 bits per heavy atom. The Morgan fingerprint density at radius 2 is 2.37 bits per heavy atom. The van der Waals surface area contributed by atoms with E-state index in [4.69, 9.17) is 4.74 Å². The van der Waals surface area contributed by atoms with Crippen LogP contribution in [0.3, 0.4) is 0 Å². The summed E-state index contributed by atoms with van der Waals surface area (Å²) < 4.78 is 22.8. The molecule has 0 amide bonds. The average molecular weight is 334 g/mol. The first-order chi connectivity index (χ1) is 8.89. The molecule has 6 heteroatoms. The summed E-state index contributed by atoms with van der Waals surface area (Å²) in [6.07, 6.45) is 0.798. The van der Waals surface area contributed by atoms with Crippen LogP contribution in [0, 0.1) is 6.92 Å². The third-order valence-corrected chi connectivity index (χ3v) is 4.50. The largest absolute Gasteiger partial charge is 0.379 e. The maximum atomic E-state index is 14.8. The summed E-state index contributed by atoms with van der Waals surface area (Å²) in [6, 6.07) is 0.0943. The predicted octanol–water partition coefficient (Wildman–Crippen LogP) is 2.14. The molecule has 2 unspecified atom stereocenters. The van der Waals surface area contributed by atoms with E-state index >= 15 is 0 Å². The molecular formula is C13H21BrFN3O. The SMILES string of the molecule is Cc1nn(C)c(CC(C)(F)CC2COCCN2)c1Br. The second kappa shape index (κ2) is 5.89. The molecule has 1 saturated heterocycles. The first kappa shape index (κ1) is 14.9. The zero-order chi connectivity index (χ0) is 14.0. The Balaban J connectivity index is 2.03. The predicted molar refractivity (Wildman–Crippen MR) is 76.1 cm³/mol. The summed E-state index contributed by atoms with van der Waals surface area (Å²) >= 11 is 3.49. The average Bonchev–Trinajstić information content (AvgIpc) is 2.56. The molecule has 1 N–H and O–H groups in total. The molecule has 1 aliphatic heterocycles. The maximum Gasteiger partial charge on any atom is 0.115 e. The van der Waals surface area contributed by atoms with E-state index in [1.807, 2.05) is 14.0 Å². The second-order valence-electron chi connectivity index (χ2n) is 5.49. The highest BCUT2D eigenvalue weighted by atomic mass is 79.9. The van der Waals surface area contributed by atoms with Gasteiger partial charge in [0.05, 0.1) is 29.1 Å². The van der Waals surface area contributed by atoms with Gasteiger partial charge in [0.2, 0.25) is 0 Å². The highest BCUT2D eigenvalue weighted by Gasteiger charge is 2.31. The standard InChI is InChI=1S/C13H21BrFN3O/c1-9-12(14)11(18(3)17-9)7-13(2,15)6-10-8-19-5-4-16-10/h10,16H,4-8H2,1-3H3. The van der Waals surface area contributed by atoms with Crippen LogP contribution in [-0.2, 0) is 18.2 Å². The molecule has 1 aromatic rings. The van der Waals surface area contributed by atoms with Gasteiger partial charge in [0.1, 0.15) is 5.67 Å². The molecule has 1 fully saturated rings. The van der Waals surface area contributed by atoms with Gasteiger partial charge in [0.25, 0.3) is 0 Å². The molecule has 0 radical (unpaired) electrons. The molecule has 0 aromatic carbocycles. The van der Waals surface area contributed by atoms with E-state index in [1.54, 1.807) is 11.6 Å². The first-order valence-corrected chi connectivity index (χ1v) is 7.36. The zero-order valence-corrected chi connectivity index (χ0v) is 13.3. The third-order valence-electron chi connectivity index (χ3n) is 3.47.